The average Bonchev–Trinajstić information content (AvgIpc) is 0.935. The maximum absolute atomic E-state index is 13.1. The number of aliphatic hydroxyl groups excluding tert-OH is 1. The molecule has 19 heteroatoms. The molecule has 0 saturated carbocycles. The number of aliphatic hydroxyl groups is 1. The van der Waals surface area contributed by atoms with E-state index in [2.05, 4.69) is 41.5 Å². The van der Waals surface area contributed by atoms with Crippen LogP contribution < -0.4 is 0 Å². The lowest BCUT2D eigenvalue weighted by molar-refractivity contribution is -0.161. The number of phosphoric acid groups is 2. The first-order valence-corrected chi connectivity index (χ1v) is 45.0. The van der Waals surface area contributed by atoms with Gasteiger partial charge in [-0.05, 0) is 37.5 Å². The molecule has 0 bridgehead atoms. The zero-order valence-electron chi connectivity index (χ0n) is 65.5. The molecule has 0 aromatic heterocycles. The zero-order valence-corrected chi connectivity index (χ0v) is 67.3. The first-order valence-electron chi connectivity index (χ1n) is 42.0. The fourth-order valence-corrected chi connectivity index (χ4v) is 14.1. The molecule has 0 saturated heterocycles. The van der Waals surface area contributed by atoms with E-state index in [1.54, 1.807) is 0 Å². The lowest BCUT2D eigenvalue weighted by Gasteiger charge is -2.21. The largest absolute Gasteiger partial charge is 0.472 e. The summed E-state index contributed by atoms with van der Waals surface area (Å²) < 4.78 is 68.7. The van der Waals surface area contributed by atoms with Crippen molar-refractivity contribution in [1.29, 1.82) is 0 Å². The second kappa shape index (κ2) is 72.6. The van der Waals surface area contributed by atoms with Gasteiger partial charge in [0.2, 0.25) is 0 Å². The molecule has 100 heavy (non-hydrogen) atoms. The van der Waals surface area contributed by atoms with Gasteiger partial charge in [-0.25, -0.2) is 9.13 Å². The number of hydrogen-bond donors (Lipinski definition) is 3. The Bertz CT molecular complexity index is 1930. The van der Waals surface area contributed by atoms with Crippen molar-refractivity contribution in [1.82, 2.24) is 0 Å². The van der Waals surface area contributed by atoms with Gasteiger partial charge in [0.1, 0.15) is 19.3 Å². The van der Waals surface area contributed by atoms with Crippen LogP contribution in [0.5, 0.6) is 0 Å². The van der Waals surface area contributed by atoms with E-state index in [0.717, 1.165) is 102 Å². The number of esters is 4. The third kappa shape index (κ3) is 73.0. The molecule has 3 N–H and O–H groups in total. The smallest absolute Gasteiger partial charge is 0.462 e. The summed E-state index contributed by atoms with van der Waals surface area (Å²) >= 11 is 0. The quantitative estimate of drug-likeness (QED) is 0.0222. The molecule has 0 aliphatic heterocycles. The number of rotatable bonds is 80. The van der Waals surface area contributed by atoms with Crippen molar-refractivity contribution in [3.8, 4) is 0 Å². The van der Waals surface area contributed by atoms with Gasteiger partial charge in [0.25, 0.3) is 0 Å². The van der Waals surface area contributed by atoms with E-state index in [4.69, 9.17) is 37.0 Å². The van der Waals surface area contributed by atoms with Crippen molar-refractivity contribution in [2.75, 3.05) is 39.6 Å². The van der Waals surface area contributed by atoms with Crippen LogP contribution in [0.25, 0.3) is 0 Å². The summed E-state index contributed by atoms with van der Waals surface area (Å²) in [5.74, 6) is -0.548. The molecule has 0 heterocycles. The Balaban J connectivity index is 5.25. The van der Waals surface area contributed by atoms with Gasteiger partial charge < -0.3 is 33.8 Å². The Morgan fingerprint density at radius 2 is 0.510 bits per heavy atom. The predicted octanol–water partition coefficient (Wildman–Crippen LogP) is 24.3. The molecule has 3 unspecified atom stereocenters. The van der Waals surface area contributed by atoms with Crippen LogP contribution in [-0.4, -0.2) is 96.7 Å². The second-order valence-corrected chi connectivity index (χ2v) is 32.8. The number of carbonyl (C=O) groups is 4. The van der Waals surface area contributed by atoms with Gasteiger partial charge in [-0.15, -0.1) is 0 Å². The van der Waals surface area contributed by atoms with Crippen LogP contribution >= 0.6 is 15.6 Å². The van der Waals surface area contributed by atoms with Crippen LogP contribution in [0.2, 0.25) is 0 Å². The summed E-state index contributed by atoms with van der Waals surface area (Å²) in [6.45, 7) is 9.65. The normalized spacial score (nSPS) is 14.2. The third-order valence-electron chi connectivity index (χ3n) is 19.3. The van der Waals surface area contributed by atoms with Gasteiger partial charge >= 0.3 is 39.5 Å². The van der Waals surface area contributed by atoms with Gasteiger partial charge in [0.15, 0.2) is 12.2 Å². The fourth-order valence-electron chi connectivity index (χ4n) is 12.5. The molecule has 0 aliphatic carbocycles. The summed E-state index contributed by atoms with van der Waals surface area (Å²) in [5, 5.41) is 10.6. The molecule has 594 valence electrons. The fraction of sp³-hybridized carbons (Fsp3) is 0.951. The van der Waals surface area contributed by atoms with Crippen molar-refractivity contribution < 1.29 is 80.2 Å². The van der Waals surface area contributed by atoms with Crippen LogP contribution in [0.4, 0.5) is 0 Å². The van der Waals surface area contributed by atoms with Crippen molar-refractivity contribution >= 4 is 39.5 Å². The molecular weight excluding hydrogens is 1310 g/mol. The van der Waals surface area contributed by atoms with Crippen molar-refractivity contribution in [3.63, 3.8) is 0 Å². The van der Waals surface area contributed by atoms with Crippen LogP contribution in [0, 0.1) is 11.8 Å². The molecule has 6 atom stereocenters. The minimum atomic E-state index is -4.96. The van der Waals surface area contributed by atoms with E-state index < -0.39 is 97.5 Å². The van der Waals surface area contributed by atoms with E-state index in [1.165, 1.54) is 244 Å². The van der Waals surface area contributed by atoms with E-state index in [0.29, 0.717) is 25.7 Å². The van der Waals surface area contributed by atoms with E-state index in [9.17, 15) is 43.2 Å². The molecule has 0 fully saturated rings. The number of hydrogen-bond acceptors (Lipinski definition) is 15. The standard InChI is InChI=1S/C81H158O17P2/c1-7-10-12-14-16-18-20-22-23-24-25-26-27-28-30-36-40-48-54-60-66-81(86)97-76(69-91-78(83)63-57-51-45-38-34-32-31-33-37-43-49-55-61-73(4)5)71-95-99(87,88)93-67-75(82)68-94-100(89,90)96-72-77(70-92-79(84)64-58-52-46-42-41-44-50-56-62-74(6)9-3)98-80(85)65-59-53-47-39-35-29-21-19-17-15-13-11-8-2/h73-77,82H,7-72H2,1-6H3,(H,87,88)(H,89,90)/t74?,75-,76-,77-/m1/s1. The van der Waals surface area contributed by atoms with Crippen molar-refractivity contribution in [3.05, 3.63) is 0 Å². The predicted molar refractivity (Wildman–Crippen MR) is 409 cm³/mol. The lowest BCUT2D eigenvalue weighted by Crippen LogP contribution is -2.30. The van der Waals surface area contributed by atoms with Crippen molar-refractivity contribution in [2.24, 2.45) is 11.8 Å². The summed E-state index contributed by atoms with van der Waals surface area (Å²) in [6, 6.07) is 0. The molecule has 0 aromatic rings. The molecule has 0 rings (SSSR count). The number of carbonyl (C=O) groups excluding carboxylic acids is 4. The van der Waals surface area contributed by atoms with Crippen LogP contribution in [0.1, 0.15) is 427 Å². The van der Waals surface area contributed by atoms with Gasteiger partial charge in [-0.2, -0.15) is 0 Å². The molecule has 0 spiro atoms. The lowest BCUT2D eigenvalue weighted by atomic mass is 9.99. The van der Waals surface area contributed by atoms with E-state index in [1.807, 2.05) is 0 Å². The number of ether oxygens (including phenoxy) is 4. The second-order valence-electron chi connectivity index (χ2n) is 29.9. The minimum Gasteiger partial charge on any atom is -0.462 e. The Morgan fingerprint density at radius 3 is 0.760 bits per heavy atom. The van der Waals surface area contributed by atoms with Gasteiger partial charge in [-0.1, -0.05) is 375 Å². The Kier molecular flexibility index (Phi) is 71.2. The Labute approximate surface area is 613 Å². The maximum Gasteiger partial charge on any atom is 0.472 e. The topological polar surface area (TPSA) is 237 Å². The monoisotopic (exact) mass is 1470 g/mol. The highest BCUT2D eigenvalue weighted by atomic mass is 31.2. The molecule has 17 nitrogen and oxygen atoms in total. The summed E-state index contributed by atoms with van der Waals surface area (Å²) in [4.78, 5) is 73.0. The first kappa shape index (κ1) is 98.1. The Morgan fingerprint density at radius 1 is 0.290 bits per heavy atom. The van der Waals surface area contributed by atoms with Crippen LogP contribution in [0.3, 0.4) is 0 Å². The molecular formula is C81H158O17P2. The maximum atomic E-state index is 13.1. The third-order valence-corrected chi connectivity index (χ3v) is 21.2. The van der Waals surface area contributed by atoms with Gasteiger partial charge in [0, 0.05) is 25.7 Å². The number of phosphoric ester groups is 2. The summed E-state index contributed by atoms with van der Waals surface area (Å²) in [6.07, 6.45) is 62.3. The summed E-state index contributed by atoms with van der Waals surface area (Å²) in [5.41, 5.74) is 0. The van der Waals surface area contributed by atoms with E-state index in [-0.39, 0.29) is 25.7 Å². The SMILES string of the molecule is CCCCCCCCCCCCCCCCCCCCCCC(=O)O[C@H](COC(=O)CCCCCCCCCCCCCCC(C)C)COP(=O)(O)OC[C@@H](O)COP(=O)(O)OC[C@@H](COC(=O)CCCCCCCCCCC(C)CC)OC(=O)CCCCCCCCCCCCCCC. The highest BCUT2D eigenvalue weighted by Crippen LogP contribution is 2.45. The van der Waals surface area contributed by atoms with Crippen molar-refractivity contribution in [2.45, 2.75) is 445 Å². The molecule has 0 aromatic carbocycles. The van der Waals surface area contributed by atoms with Crippen LogP contribution in [0.15, 0.2) is 0 Å². The highest BCUT2D eigenvalue weighted by molar-refractivity contribution is 7.47. The minimum absolute atomic E-state index is 0.107. The highest BCUT2D eigenvalue weighted by Gasteiger charge is 2.30. The van der Waals surface area contributed by atoms with Gasteiger partial charge in [-0.3, -0.25) is 37.3 Å². The zero-order chi connectivity index (χ0) is 73.5. The molecule has 0 radical (unpaired) electrons. The molecule has 0 aliphatic rings. The van der Waals surface area contributed by atoms with E-state index >= 15 is 0 Å². The van der Waals surface area contributed by atoms with Crippen LogP contribution in [-0.2, 0) is 65.4 Å². The average molecular weight is 1470 g/mol. The molecule has 0 amide bonds. The first-order chi connectivity index (χ1) is 48.4. The number of unbranched alkanes of at least 4 members (excludes halogenated alkanes) is 49. The Hall–Kier alpha value is -1.94. The van der Waals surface area contributed by atoms with Gasteiger partial charge in [0.05, 0.1) is 26.4 Å². The summed E-state index contributed by atoms with van der Waals surface area (Å²) in [7, 11) is -9.92.